The molecule has 128 valence electrons. The summed E-state index contributed by atoms with van der Waals surface area (Å²) >= 11 is 12.6. The third-order valence-corrected chi connectivity index (χ3v) is 5.36. The predicted molar refractivity (Wildman–Crippen MR) is 111 cm³/mol. The lowest BCUT2D eigenvalue weighted by atomic mass is 10.0. The molecule has 7 heteroatoms. The number of fused-ring (bicyclic) bond motifs is 1. The minimum absolute atomic E-state index is 0.0583. The van der Waals surface area contributed by atoms with E-state index in [4.69, 9.17) is 21.9 Å². The molecule has 0 saturated carbocycles. The van der Waals surface area contributed by atoms with E-state index in [2.05, 4.69) is 31.9 Å². The van der Waals surface area contributed by atoms with Crippen molar-refractivity contribution in [2.24, 2.45) is 4.99 Å². The lowest BCUT2D eigenvalue weighted by molar-refractivity contribution is -0.138. The minimum Gasteiger partial charge on any atom is -0.468 e. The number of carbonyl (C=O) groups is 1. The number of anilines is 1. The van der Waals surface area contributed by atoms with Crippen LogP contribution in [0.25, 0.3) is 0 Å². The van der Waals surface area contributed by atoms with Gasteiger partial charge in [-0.25, -0.2) is 0 Å². The molecule has 0 amide bonds. The van der Waals surface area contributed by atoms with Gasteiger partial charge in [0.1, 0.15) is 11.5 Å². The summed E-state index contributed by atoms with van der Waals surface area (Å²) in [6, 6.07) is 13.8. The molecule has 2 aromatic carbocycles. The first-order valence-electron chi connectivity index (χ1n) is 7.47. The molecule has 0 bridgehead atoms. The second kappa shape index (κ2) is 7.76. The number of esters is 1. The molecule has 1 aliphatic heterocycles. The molecule has 1 heterocycles. The summed E-state index contributed by atoms with van der Waals surface area (Å²) in [6.07, 6.45) is 0. The van der Waals surface area contributed by atoms with Crippen molar-refractivity contribution in [3.8, 4) is 0 Å². The fourth-order valence-electron chi connectivity index (χ4n) is 2.64. The fraction of sp³-hybridized carbons (Fsp3) is 0.167. The summed E-state index contributed by atoms with van der Waals surface area (Å²) in [7, 11) is 1.37. The van der Waals surface area contributed by atoms with Gasteiger partial charge in [-0.15, -0.1) is 0 Å². The van der Waals surface area contributed by atoms with Crippen LogP contribution in [0, 0.1) is 0 Å². The topological polar surface area (TPSA) is 41.9 Å². The SMILES string of the molecule is COC(=O)CN1C(=S)CN=C(c2ccccc2Br)c2cc(Br)ccc21. The van der Waals surface area contributed by atoms with Crippen LogP contribution in [0.5, 0.6) is 0 Å². The quantitative estimate of drug-likeness (QED) is 0.482. The highest BCUT2D eigenvalue weighted by molar-refractivity contribution is 9.10. The maximum atomic E-state index is 11.8. The van der Waals surface area contributed by atoms with E-state index >= 15 is 0 Å². The Morgan fingerprint density at radius 1 is 1.24 bits per heavy atom. The monoisotopic (exact) mass is 480 g/mol. The average Bonchev–Trinajstić information content (AvgIpc) is 2.73. The van der Waals surface area contributed by atoms with Crippen molar-refractivity contribution < 1.29 is 9.53 Å². The molecule has 4 nitrogen and oxygen atoms in total. The van der Waals surface area contributed by atoms with Gasteiger partial charge in [-0.05, 0) is 24.3 Å². The number of methoxy groups -OCH3 is 1. The molecule has 0 N–H and O–H groups in total. The number of rotatable bonds is 3. The summed E-state index contributed by atoms with van der Waals surface area (Å²) in [5, 5.41) is 0. The summed E-state index contributed by atoms with van der Waals surface area (Å²) in [5.41, 5.74) is 3.55. The van der Waals surface area contributed by atoms with Crippen molar-refractivity contribution in [3.05, 3.63) is 62.5 Å². The molecule has 0 aromatic heterocycles. The number of benzodiazepines with no additional fused rings is 1. The molecular weight excluding hydrogens is 468 g/mol. The highest BCUT2D eigenvalue weighted by Gasteiger charge is 2.25. The molecular formula is C18H14Br2N2O2S. The smallest absolute Gasteiger partial charge is 0.325 e. The number of hydrogen-bond donors (Lipinski definition) is 0. The van der Waals surface area contributed by atoms with E-state index in [1.165, 1.54) is 7.11 Å². The normalized spacial score (nSPS) is 13.8. The van der Waals surface area contributed by atoms with Crippen LogP contribution in [0.4, 0.5) is 5.69 Å². The Morgan fingerprint density at radius 3 is 2.72 bits per heavy atom. The molecule has 0 aliphatic carbocycles. The van der Waals surface area contributed by atoms with Crippen molar-refractivity contribution in [1.29, 1.82) is 0 Å². The zero-order valence-corrected chi connectivity index (χ0v) is 17.3. The number of nitrogens with zero attached hydrogens (tertiary/aromatic N) is 2. The van der Waals surface area contributed by atoms with E-state index in [0.717, 1.165) is 31.5 Å². The van der Waals surface area contributed by atoms with Gasteiger partial charge in [0.05, 0.1) is 25.1 Å². The van der Waals surface area contributed by atoms with Gasteiger partial charge in [-0.3, -0.25) is 9.79 Å². The average molecular weight is 482 g/mol. The number of benzene rings is 2. The molecule has 1 aliphatic rings. The first-order chi connectivity index (χ1) is 12.0. The second-order valence-electron chi connectivity index (χ2n) is 5.36. The number of carbonyl (C=O) groups excluding carboxylic acids is 1. The van der Waals surface area contributed by atoms with Crippen molar-refractivity contribution in [2.45, 2.75) is 0 Å². The van der Waals surface area contributed by atoms with Gasteiger partial charge in [-0.2, -0.15) is 0 Å². The molecule has 0 spiro atoms. The summed E-state index contributed by atoms with van der Waals surface area (Å²) in [5.74, 6) is -0.347. The third kappa shape index (κ3) is 3.83. The van der Waals surface area contributed by atoms with Crippen LogP contribution in [0.2, 0.25) is 0 Å². The zero-order valence-electron chi connectivity index (χ0n) is 13.3. The van der Waals surface area contributed by atoms with Crippen LogP contribution >= 0.6 is 44.1 Å². The van der Waals surface area contributed by atoms with Gasteiger partial charge in [0.25, 0.3) is 0 Å². The number of aliphatic imine (C=N–C) groups is 1. The van der Waals surface area contributed by atoms with Gasteiger partial charge >= 0.3 is 5.97 Å². The molecule has 0 atom stereocenters. The molecule has 0 radical (unpaired) electrons. The van der Waals surface area contributed by atoms with Crippen LogP contribution < -0.4 is 4.90 Å². The van der Waals surface area contributed by atoms with E-state index in [9.17, 15) is 4.79 Å². The third-order valence-electron chi connectivity index (χ3n) is 3.82. The first kappa shape index (κ1) is 18.2. The first-order valence-corrected chi connectivity index (χ1v) is 9.47. The van der Waals surface area contributed by atoms with Crippen LogP contribution in [-0.2, 0) is 9.53 Å². The Hall–Kier alpha value is -1.57. The molecule has 0 saturated heterocycles. The number of halogens is 2. The van der Waals surface area contributed by atoms with Crippen molar-refractivity contribution in [3.63, 3.8) is 0 Å². The lowest BCUT2D eigenvalue weighted by Gasteiger charge is -2.24. The van der Waals surface area contributed by atoms with Crippen LogP contribution in [0.3, 0.4) is 0 Å². The standard InChI is InChI=1S/C18H14Br2N2O2S/c1-24-17(23)10-22-15-7-6-11(19)8-13(15)18(21-9-16(22)25)12-4-2-3-5-14(12)20/h2-8H,9-10H2,1H3. The summed E-state index contributed by atoms with van der Waals surface area (Å²) in [4.78, 5) is 18.9. The number of hydrogen-bond acceptors (Lipinski definition) is 4. The van der Waals surface area contributed by atoms with Gasteiger partial charge in [0.15, 0.2) is 0 Å². The fourth-order valence-corrected chi connectivity index (χ4v) is 3.70. The Balaban J connectivity index is 2.17. The van der Waals surface area contributed by atoms with Crippen molar-refractivity contribution in [2.75, 3.05) is 25.1 Å². The van der Waals surface area contributed by atoms with Gasteiger partial charge in [0.2, 0.25) is 0 Å². The highest BCUT2D eigenvalue weighted by Crippen LogP contribution is 2.32. The minimum atomic E-state index is -0.347. The van der Waals surface area contributed by atoms with Crippen LogP contribution in [0.1, 0.15) is 11.1 Å². The summed E-state index contributed by atoms with van der Waals surface area (Å²) in [6.45, 7) is 0.387. The van der Waals surface area contributed by atoms with Crippen molar-refractivity contribution in [1.82, 2.24) is 0 Å². The maximum Gasteiger partial charge on any atom is 0.325 e. The van der Waals surface area contributed by atoms with E-state index in [1.54, 1.807) is 4.90 Å². The summed E-state index contributed by atoms with van der Waals surface area (Å²) < 4.78 is 6.70. The predicted octanol–water partition coefficient (Wildman–Crippen LogP) is 4.37. The highest BCUT2D eigenvalue weighted by atomic mass is 79.9. The Kier molecular flexibility index (Phi) is 5.66. The van der Waals surface area contributed by atoms with Crippen molar-refractivity contribution >= 4 is 66.4 Å². The molecule has 3 rings (SSSR count). The number of thiocarbonyl (C=S) groups is 1. The molecule has 2 aromatic rings. The lowest BCUT2D eigenvalue weighted by Crippen LogP contribution is -2.36. The Labute approximate surface area is 168 Å². The molecule has 25 heavy (non-hydrogen) atoms. The Morgan fingerprint density at radius 2 is 2.00 bits per heavy atom. The van der Waals surface area contributed by atoms with Gasteiger partial charge in [-0.1, -0.05) is 62.3 Å². The van der Waals surface area contributed by atoms with Gasteiger partial charge in [0, 0.05) is 20.1 Å². The maximum absolute atomic E-state index is 11.8. The van der Waals surface area contributed by atoms with E-state index in [0.29, 0.717) is 11.5 Å². The zero-order chi connectivity index (χ0) is 18.0. The molecule has 0 fully saturated rings. The van der Waals surface area contributed by atoms with Crippen LogP contribution in [-0.4, -0.2) is 36.9 Å². The van der Waals surface area contributed by atoms with Gasteiger partial charge < -0.3 is 9.64 Å². The molecule has 0 unspecified atom stereocenters. The van der Waals surface area contributed by atoms with E-state index < -0.39 is 0 Å². The van der Waals surface area contributed by atoms with E-state index in [1.807, 2.05) is 42.5 Å². The second-order valence-corrected chi connectivity index (χ2v) is 7.60. The van der Waals surface area contributed by atoms with Crippen LogP contribution in [0.15, 0.2) is 56.4 Å². The number of ether oxygens (including phenoxy) is 1. The van der Waals surface area contributed by atoms with E-state index in [-0.39, 0.29) is 12.5 Å². The largest absolute Gasteiger partial charge is 0.468 e. The Bertz CT molecular complexity index is 883.